The van der Waals surface area contributed by atoms with Gasteiger partial charge in [-0.05, 0) is 43.4 Å². The maximum absolute atomic E-state index is 12.6. The molecule has 2 aromatic rings. The third kappa shape index (κ3) is 4.50. The number of nitrogens with one attached hydrogen (secondary N) is 1. The third-order valence-electron chi connectivity index (χ3n) is 5.24. The van der Waals surface area contributed by atoms with Gasteiger partial charge in [-0.15, -0.1) is 0 Å². The minimum atomic E-state index is -0.560. The molecule has 1 aliphatic rings. The molecule has 0 radical (unpaired) electrons. The van der Waals surface area contributed by atoms with Crippen LogP contribution < -0.4 is 10.2 Å². The minimum Gasteiger partial charge on any atom is -0.366 e. The van der Waals surface area contributed by atoms with E-state index in [1.807, 2.05) is 4.90 Å². The number of aryl methyl sites for hydroxylation is 1. The zero-order valence-corrected chi connectivity index (χ0v) is 16.3. The van der Waals surface area contributed by atoms with Crippen molar-refractivity contribution in [3.63, 3.8) is 0 Å². The number of anilines is 2. The van der Waals surface area contributed by atoms with Gasteiger partial charge < -0.3 is 10.2 Å². The molecule has 0 spiro atoms. The summed E-state index contributed by atoms with van der Waals surface area (Å²) in [5, 5.41) is 25.2. The Hall–Kier alpha value is -3.49. The van der Waals surface area contributed by atoms with Crippen molar-refractivity contribution < 1.29 is 14.6 Å². The average molecular weight is 398 g/mol. The molecule has 0 bridgehead atoms. The number of nitrogens with zero attached hydrogens (tertiary/aromatic N) is 3. The summed E-state index contributed by atoms with van der Waals surface area (Å²) in [5.74, 6) is 0.0315. The van der Waals surface area contributed by atoms with E-state index in [0.29, 0.717) is 22.9 Å². The maximum atomic E-state index is 12.6. The van der Waals surface area contributed by atoms with E-state index >= 15 is 0 Å². The second kappa shape index (κ2) is 8.26. The van der Waals surface area contributed by atoms with E-state index in [-0.39, 0.29) is 16.9 Å². The van der Waals surface area contributed by atoms with Crippen LogP contribution in [0.2, 0.25) is 0 Å². The number of rotatable bonds is 5. The molecule has 3 rings (SSSR count). The van der Waals surface area contributed by atoms with Gasteiger partial charge in [-0.25, -0.2) is 0 Å². The standard InChI is InChI=1S/C20H22N4O5/c1-13-7-9-22(10-8-13)18-6-4-15(11-19(18)24(28)29)20(25)21-17-12-16(23(26)27)5-3-14(17)2/h3-6,11-13H,7-10H2,1-2H3,(H,21,25). The van der Waals surface area contributed by atoms with Crippen molar-refractivity contribution >= 4 is 28.7 Å². The number of hydrogen-bond donors (Lipinski definition) is 1. The van der Waals surface area contributed by atoms with Gasteiger partial charge in [-0.3, -0.25) is 25.0 Å². The normalized spacial score (nSPS) is 14.5. The highest BCUT2D eigenvalue weighted by molar-refractivity contribution is 6.05. The van der Waals surface area contributed by atoms with Crippen LogP contribution >= 0.6 is 0 Å². The Morgan fingerprint density at radius 1 is 1.07 bits per heavy atom. The van der Waals surface area contributed by atoms with E-state index in [1.165, 1.54) is 24.3 Å². The molecule has 0 unspecified atom stereocenters. The summed E-state index contributed by atoms with van der Waals surface area (Å²) >= 11 is 0. The first-order valence-corrected chi connectivity index (χ1v) is 9.36. The predicted molar refractivity (Wildman–Crippen MR) is 109 cm³/mol. The lowest BCUT2D eigenvalue weighted by Gasteiger charge is -2.31. The molecule has 9 heteroatoms. The lowest BCUT2D eigenvalue weighted by atomic mass is 9.98. The van der Waals surface area contributed by atoms with E-state index in [9.17, 15) is 25.0 Å². The monoisotopic (exact) mass is 398 g/mol. The first-order valence-electron chi connectivity index (χ1n) is 9.36. The highest BCUT2D eigenvalue weighted by atomic mass is 16.6. The molecule has 1 N–H and O–H groups in total. The zero-order valence-electron chi connectivity index (χ0n) is 16.3. The van der Waals surface area contributed by atoms with Crippen molar-refractivity contribution in [1.82, 2.24) is 0 Å². The summed E-state index contributed by atoms with van der Waals surface area (Å²) in [7, 11) is 0. The Morgan fingerprint density at radius 3 is 2.38 bits per heavy atom. The molecule has 0 saturated carbocycles. The SMILES string of the molecule is Cc1ccc([N+](=O)[O-])cc1NC(=O)c1ccc(N2CCC(C)CC2)c([N+](=O)[O-])c1. The topological polar surface area (TPSA) is 119 Å². The number of benzene rings is 2. The largest absolute Gasteiger partial charge is 0.366 e. The molecule has 29 heavy (non-hydrogen) atoms. The van der Waals surface area contributed by atoms with Crippen LogP contribution in [0.25, 0.3) is 0 Å². The van der Waals surface area contributed by atoms with Gasteiger partial charge in [0, 0.05) is 36.9 Å². The summed E-state index contributed by atoms with van der Waals surface area (Å²) in [6.07, 6.45) is 1.93. The van der Waals surface area contributed by atoms with Crippen molar-refractivity contribution in [2.24, 2.45) is 5.92 Å². The predicted octanol–water partition coefficient (Wildman–Crippen LogP) is 4.30. The van der Waals surface area contributed by atoms with Crippen LogP contribution in [-0.4, -0.2) is 28.8 Å². The third-order valence-corrected chi connectivity index (χ3v) is 5.24. The van der Waals surface area contributed by atoms with Gasteiger partial charge in [0.05, 0.1) is 15.5 Å². The fourth-order valence-corrected chi connectivity index (χ4v) is 3.38. The van der Waals surface area contributed by atoms with Crippen LogP contribution in [0.5, 0.6) is 0 Å². The summed E-state index contributed by atoms with van der Waals surface area (Å²) in [6, 6.07) is 8.56. The molecular formula is C20H22N4O5. The molecule has 1 fully saturated rings. The van der Waals surface area contributed by atoms with Gasteiger partial charge in [0.2, 0.25) is 0 Å². The number of nitro benzene ring substituents is 2. The highest BCUT2D eigenvalue weighted by Crippen LogP contribution is 2.32. The van der Waals surface area contributed by atoms with Crippen molar-refractivity contribution in [2.75, 3.05) is 23.3 Å². The van der Waals surface area contributed by atoms with Crippen molar-refractivity contribution in [1.29, 1.82) is 0 Å². The smallest absolute Gasteiger partial charge is 0.293 e. The number of carbonyl (C=O) groups excluding carboxylic acids is 1. The number of carbonyl (C=O) groups is 1. The van der Waals surface area contributed by atoms with E-state index in [0.717, 1.165) is 25.9 Å². The van der Waals surface area contributed by atoms with Crippen molar-refractivity contribution in [3.05, 3.63) is 67.8 Å². The Labute approximate surface area is 167 Å². The number of non-ortho nitro benzene ring substituents is 1. The zero-order chi connectivity index (χ0) is 21.1. The summed E-state index contributed by atoms with van der Waals surface area (Å²) < 4.78 is 0. The Balaban J connectivity index is 1.86. The molecule has 9 nitrogen and oxygen atoms in total. The first-order chi connectivity index (χ1) is 13.8. The molecule has 0 aromatic heterocycles. The molecule has 152 valence electrons. The van der Waals surface area contributed by atoms with Crippen LogP contribution in [-0.2, 0) is 0 Å². The number of hydrogen-bond acceptors (Lipinski definition) is 6. The van der Waals surface area contributed by atoms with Crippen LogP contribution in [0.3, 0.4) is 0 Å². The molecule has 2 aromatic carbocycles. The van der Waals surface area contributed by atoms with Gasteiger partial charge in [0.15, 0.2) is 0 Å². The summed E-state index contributed by atoms with van der Waals surface area (Å²) in [5.41, 5.74) is 1.30. The maximum Gasteiger partial charge on any atom is 0.293 e. The van der Waals surface area contributed by atoms with Gasteiger partial charge in [-0.2, -0.15) is 0 Å². The first kappa shape index (κ1) is 20.2. The molecule has 1 saturated heterocycles. The van der Waals surface area contributed by atoms with E-state index in [2.05, 4.69) is 12.2 Å². The van der Waals surface area contributed by atoms with Gasteiger partial charge in [0.1, 0.15) is 5.69 Å². The minimum absolute atomic E-state index is 0.122. The fraction of sp³-hybridized carbons (Fsp3) is 0.350. The Morgan fingerprint density at radius 2 is 1.76 bits per heavy atom. The second-order valence-corrected chi connectivity index (χ2v) is 7.34. The van der Waals surface area contributed by atoms with Crippen molar-refractivity contribution in [2.45, 2.75) is 26.7 Å². The molecule has 1 heterocycles. The average Bonchev–Trinajstić information content (AvgIpc) is 2.69. The summed E-state index contributed by atoms with van der Waals surface area (Å²) in [4.78, 5) is 36.2. The van der Waals surface area contributed by atoms with Crippen molar-refractivity contribution in [3.8, 4) is 0 Å². The van der Waals surface area contributed by atoms with E-state index < -0.39 is 15.8 Å². The molecule has 1 aliphatic heterocycles. The molecule has 1 amide bonds. The Kier molecular flexibility index (Phi) is 5.76. The number of amides is 1. The molecule has 0 atom stereocenters. The van der Waals surface area contributed by atoms with Crippen LogP contribution in [0, 0.1) is 33.1 Å². The van der Waals surface area contributed by atoms with Crippen LogP contribution in [0.4, 0.5) is 22.7 Å². The van der Waals surface area contributed by atoms with Gasteiger partial charge >= 0.3 is 0 Å². The Bertz CT molecular complexity index is 967. The fourth-order valence-electron chi connectivity index (χ4n) is 3.38. The lowest BCUT2D eigenvalue weighted by molar-refractivity contribution is -0.384. The van der Waals surface area contributed by atoms with Crippen LogP contribution in [0.15, 0.2) is 36.4 Å². The van der Waals surface area contributed by atoms with Gasteiger partial charge in [0.25, 0.3) is 17.3 Å². The number of piperidine rings is 1. The molecule has 0 aliphatic carbocycles. The second-order valence-electron chi connectivity index (χ2n) is 7.34. The van der Waals surface area contributed by atoms with E-state index in [1.54, 1.807) is 19.1 Å². The van der Waals surface area contributed by atoms with Gasteiger partial charge in [-0.1, -0.05) is 13.0 Å². The summed E-state index contributed by atoms with van der Waals surface area (Å²) in [6.45, 7) is 5.35. The van der Waals surface area contributed by atoms with Crippen LogP contribution in [0.1, 0.15) is 35.7 Å². The molecular weight excluding hydrogens is 376 g/mol. The number of nitro groups is 2. The highest BCUT2D eigenvalue weighted by Gasteiger charge is 2.25. The van der Waals surface area contributed by atoms with E-state index in [4.69, 9.17) is 0 Å². The lowest BCUT2D eigenvalue weighted by Crippen LogP contribution is -2.33. The quantitative estimate of drug-likeness (QED) is 0.592.